The number of sulfonamides is 1. The fraction of sp³-hybridized carbons (Fsp3) is 0.533. The lowest BCUT2D eigenvalue weighted by molar-refractivity contribution is -0.144. The highest BCUT2D eigenvalue weighted by atomic mass is 32.2. The van der Waals surface area contributed by atoms with E-state index in [1.54, 1.807) is 19.1 Å². The first-order chi connectivity index (χ1) is 9.81. The van der Waals surface area contributed by atoms with E-state index in [0.717, 1.165) is 12.0 Å². The zero-order chi connectivity index (χ0) is 16.0. The lowest BCUT2D eigenvalue weighted by Gasteiger charge is -2.12. The van der Waals surface area contributed by atoms with E-state index in [0.29, 0.717) is 5.92 Å². The summed E-state index contributed by atoms with van der Waals surface area (Å²) in [5.41, 5.74) is 1.11. The van der Waals surface area contributed by atoms with Gasteiger partial charge in [0.1, 0.15) is 0 Å². The average molecular weight is 313 g/mol. The molecule has 6 heteroatoms. The van der Waals surface area contributed by atoms with Crippen LogP contribution in [0.2, 0.25) is 0 Å². The van der Waals surface area contributed by atoms with Gasteiger partial charge < -0.3 is 4.74 Å². The summed E-state index contributed by atoms with van der Waals surface area (Å²) in [6, 6.07) is 6.83. The van der Waals surface area contributed by atoms with E-state index >= 15 is 0 Å². The highest BCUT2D eigenvalue weighted by Crippen LogP contribution is 2.20. The molecule has 1 aromatic rings. The molecule has 0 aliphatic carbocycles. The van der Waals surface area contributed by atoms with Crippen molar-refractivity contribution in [2.45, 2.75) is 38.0 Å². The zero-order valence-corrected chi connectivity index (χ0v) is 13.7. The fourth-order valence-electron chi connectivity index (χ4n) is 1.81. The van der Waals surface area contributed by atoms with Crippen LogP contribution in [0.3, 0.4) is 0 Å². The second kappa shape index (κ2) is 7.56. The number of esters is 1. The topological polar surface area (TPSA) is 72.5 Å². The van der Waals surface area contributed by atoms with E-state index in [1.165, 1.54) is 7.11 Å². The summed E-state index contributed by atoms with van der Waals surface area (Å²) in [6.07, 6.45) is 1.00. The summed E-state index contributed by atoms with van der Waals surface area (Å²) in [6.45, 7) is 5.81. The number of ether oxygens (including phenoxy) is 1. The van der Waals surface area contributed by atoms with Gasteiger partial charge in [0.15, 0.2) is 0 Å². The zero-order valence-electron chi connectivity index (χ0n) is 12.9. The molecule has 0 aliphatic heterocycles. The number of hydrogen-bond donors (Lipinski definition) is 1. The number of methoxy groups -OCH3 is 1. The Hall–Kier alpha value is -1.40. The van der Waals surface area contributed by atoms with Gasteiger partial charge in [0.05, 0.1) is 17.9 Å². The molecule has 0 amide bonds. The molecule has 2 unspecified atom stereocenters. The Kier molecular flexibility index (Phi) is 6.36. The highest BCUT2D eigenvalue weighted by molar-refractivity contribution is 7.89. The molecule has 1 aromatic carbocycles. The van der Waals surface area contributed by atoms with Crippen molar-refractivity contribution in [3.8, 4) is 0 Å². The van der Waals surface area contributed by atoms with E-state index in [-0.39, 0.29) is 11.4 Å². The molecular formula is C15H23NO4S. The number of benzene rings is 1. The van der Waals surface area contributed by atoms with Gasteiger partial charge in [-0.1, -0.05) is 32.9 Å². The first-order valence-corrected chi connectivity index (χ1v) is 8.47. The molecule has 0 aromatic heterocycles. The van der Waals surface area contributed by atoms with E-state index in [1.807, 2.05) is 12.1 Å². The van der Waals surface area contributed by atoms with Crippen molar-refractivity contribution in [3.05, 3.63) is 29.8 Å². The molecule has 1 N–H and O–H groups in total. The molecule has 0 fully saturated rings. The fourth-order valence-corrected chi connectivity index (χ4v) is 2.94. The maximum Gasteiger partial charge on any atom is 0.309 e. The molecule has 0 heterocycles. The summed E-state index contributed by atoms with van der Waals surface area (Å²) in [4.78, 5) is 11.5. The van der Waals surface area contributed by atoms with E-state index in [4.69, 9.17) is 0 Å². The normalized spacial score (nSPS) is 14.5. The minimum Gasteiger partial charge on any atom is -0.469 e. The van der Waals surface area contributed by atoms with Crippen LogP contribution in [-0.2, 0) is 19.6 Å². The summed E-state index contributed by atoms with van der Waals surface area (Å²) in [5, 5.41) is 0. The van der Waals surface area contributed by atoms with Gasteiger partial charge >= 0.3 is 5.97 Å². The van der Waals surface area contributed by atoms with E-state index in [2.05, 4.69) is 23.3 Å². The van der Waals surface area contributed by atoms with Crippen molar-refractivity contribution in [1.29, 1.82) is 0 Å². The Morgan fingerprint density at radius 2 is 1.81 bits per heavy atom. The minimum absolute atomic E-state index is 0.0160. The molecule has 0 aliphatic rings. The van der Waals surface area contributed by atoms with Crippen molar-refractivity contribution in [2.24, 2.45) is 5.92 Å². The van der Waals surface area contributed by atoms with E-state index < -0.39 is 21.9 Å². The maximum absolute atomic E-state index is 12.1. The molecule has 2 atom stereocenters. The van der Waals surface area contributed by atoms with Crippen molar-refractivity contribution in [1.82, 2.24) is 4.72 Å². The Morgan fingerprint density at radius 1 is 1.24 bits per heavy atom. The molecule has 5 nitrogen and oxygen atoms in total. The van der Waals surface area contributed by atoms with Crippen molar-refractivity contribution >= 4 is 16.0 Å². The molecule has 21 heavy (non-hydrogen) atoms. The van der Waals surface area contributed by atoms with Crippen molar-refractivity contribution in [3.63, 3.8) is 0 Å². The summed E-state index contributed by atoms with van der Waals surface area (Å²) in [5.74, 6) is -0.567. The first-order valence-electron chi connectivity index (χ1n) is 6.99. The van der Waals surface area contributed by atoms with Gasteiger partial charge in [-0.15, -0.1) is 0 Å². The van der Waals surface area contributed by atoms with Crippen molar-refractivity contribution in [2.75, 3.05) is 13.7 Å². The Balaban J connectivity index is 2.77. The van der Waals surface area contributed by atoms with Crippen LogP contribution < -0.4 is 4.72 Å². The van der Waals surface area contributed by atoms with Crippen LogP contribution >= 0.6 is 0 Å². The Morgan fingerprint density at radius 3 is 2.29 bits per heavy atom. The second-order valence-corrected chi connectivity index (χ2v) is 6.92. The van der Waals surface area contributed by atoms with Crippen LogP contribution in [0, 0.1) is 5.92 Å². The molecule has 0 spiro atoms. The highest BCUT2D eigenvalue weighted by Gasteiger charge is 2.19. The monoisotopic (exact) mass is 313 g/mol. The summed E-state index contributed by atoms with van der Waals surface area (Å²) in [7, 11) is -2.33. The standard InChI is InChI=1S/C15H23NO4S/c1-5-11(2)13-6-8-14(9-7-13)21(18,19)16-10-12(3)15(17)20-4/h6-9,11-12,16H,5,10H2,1-4H3. The Labute approximate surface area is 126 Å². The van der Waals surface area contributed by atoms with Gasteiger partial charge in [0, 0.05) is 6.54 Å². The largest absolute Gasteiger partial charge is 0.469 e. The van der Waals surface area contributed by atoms with Gasteiger partial charge in [-0.2, -0.15) is 0 Å². The second-order valence-electron chi connectivity index (χ2n) is 5.15. The molecule has 0 saturated heterocycles. The number of rotatable bonds is 7. The number of carbonyl (C=O) groups is 1. The van der Waals surface area contributed by atoms with Crippen LogP contribution in [0.15, 0.2) is 29.2 Å². The number of hydrogen-bond acceptors (Lipinski definition) is 4. The molecule has 118 valence electrons. The van der Waals surface area contributed by atoms with E-state index in [9.17, 15) is 13.2 Å². The third-order valence-corrected chi connectivity index (χ3v) is 4.99. The summed E-state index contributed by atoms with van der Waals surface area (Å²) >= 11 is 0. The third-order valence-electron chi connectivity index (χ3n) is 3.55. The predicted molar refractivity (Wildman–Crippen MR) is 81.5 cm³/mol. The predicted octanol–water partition coefficient (Wildman–Crippen LogP) is 2.29. The van der Waals surface area contributed by atoms with Crippen LogP contribution in [0.5, 0.6) is 0 Å². The molecular weight excluding hydrogens is 290 g/mol. The lowest BCUT2D eigenvalue weighted by atomic mass is 9.99. The third kappa shape index (κ3) is 4.82. The molecule has 0 radical (unpaired) electrons. The molecule has 0 bridgehead atoms. The number of nitrogens with one attached hydrogen (secondary N) is 1. The molecule has 0 saturated carbocycles. The minimum atomic E-state index is -3.60. The quantitative estimate of drug-likeness (QED) is 0.784. The SMILES string of the molecule is CCC(C)c1ccc(S(=O)(=O)NCC(C)C(=O)OC)cc1. The lowest BCUT2D eigenvalue weighted by Crippen LogP contribution is -2.32. The first kappa shape index (κ1) is 17.7. The average Bonchev–Trinajstić information content (AvgIpc) is 2.51. The van der Waals surface area contributed by atoms with Crippen LogP contribution in [0.25, 0.3) is 0 Å². The van der Waals surface area contributed by atoms with Gasteiger partial charge in [-0.3, -0.25) is 4.79 Å². The van der Waals surface area contributed by atoms with Crippen LogP contribution in [0.1, 0.15) is 38.7 Å². The van der Waals surface area contributed by atoms with Gasteiger partial charge in [0.2, 0.25) is 10.0 Å². The van der Waals surface area contributed by atoms with Crippen molar-refractivity contribution < 1.29 is 17.9 Å². The van der Waals surface area contributed by atoms with Crippen LogP contribution in [-0.4, -0.2) is 28.0 Å². The molecule has 1 rings (SSSR count). The maximum atomic E-state index is 12.1. The van der Waals surface area contributed by atoms with Crippen LogP contribution in [0.4, 0.5) is 0 Å². The number of carbonyl (C=O) groups excluding carboxylic acids is 1. The smallest absolute Gasteiger partial charge is 0.309 e. The van der Waals surface area contributed by atoms with Gasteiger partial charge in [-0.05, 0) is 30.0 Å². The Bertz CT molecular complexity index is 566. The van der Waals surface area contributed by atoms with Gasteiger partial charge in [0.25, 0.3) is 0 Å². The summed E-state index contributed by atoms with van der Waals surface area (Å²) < 4.78 is 31.3. The van der Waals surface area contributed by atoms with Gasteiger partial charge in [-0.25, -0.2) is 13.1 Å².